The Morgan fingerprint density at radius 3 is 2.63 bits per heavy atom. The maximum Gasteiger partial charge on any atom is 0.326 e. The molecule has 0 radical (unpaired) electrons. The van der Waals surface area contributed by atoms with Gasteiger partial charge in [-0.15, -0.1) is 11.3 Å². The fourth-order valence-electron chi connectivity index (χ4n) is 1.58. The molecule has 1 aromatic rings. The van der Waals surface area contributed by atoms with Gasteiger partial charge >= 0.3 is 12.0 Å². The maximum atomic E-state index is 11.7. The van der Waals surface area contributed by atoms with E-state index < -0.39 is 18.0 Å². The van der Waals surface area contributed by atoms with E-state index in [0.717, 1.165) is 9.88 Å². The van der Waals surface area contributed by atoms with E-state index in [1.54, 1.807) is 6.20 Å². The summed E-state index contributed by atoms with van der Waals surface area (Å²) < 4.78 is 0. The Bertz CT molecular complexity index is 447. The molecule has 2 atom stereocenters. The highest BCUT2D eigenvalue weighted by Crippen LogP contribution is 2.18. The number of rotatable bonds is 6. The van der Waals surface area contributed by atoms with Crippen LogP contribution in [-0.4, -0.2) is 28.1 Å². The van der Waals surface area contributed by atoms with Gasteiger partial charge in [0.15, 0.2) is 0 Å². The Morgan fingerprint density at radius 2 is 2.16 bits per heavy atom. The number of hydrogen-bond acceptors (Lipinski definition) is 4. The van der Waals surface area contributed by atoms with Gasteiger partial charge in [0, 0.05) is 11.1 Å². The van der Waals surface area contributed by atoms with Crippen LogP contribution < -0.4 is 10.6 Å². The minimum Gasteiger partial charge on any atom is -0.480 e. The lowest BCUT2D eigenvalue weighted by Crippen LogP contribution is -2.46. The van der Waals surface area contributed by atoms with Crippen molar-refractivity contribution in [1.82, 2.24) is 15.6 Å². The number of aryl methyl sites for hydroxylation is 1. The van der Waals surface area contributed by atoms with Crippen molar-refractivity contribution in [1.29, 1.82) is 0 Å². The first-order valence-electron chi connectivity index (χ1n) is 6.16. The van der Waals surface area contributed by atoms with Crippen LogP contribution in [0.15, 0.2) is 6.20 Å². The lowest BCUT2D eigenvalue weighted by molar-refractivity contribution is -0.139. The highest BCUT2D eigenvalue weighted by molar-refractivity contribution is 7.11. The molecular weight excluding hydrogens is 266 g/mol. The molecule has 1 aromatic heterocycles. The summed E-state index contributed by atoms with van der Waals surface area (Å²) in [4.78, 5) is 27.9. The number of carboxylic acids is 1. The van der Waals surface area contributed by atoms with Crippen LogP contribution in [0.3, 0.4) is 0 Å². The molecule has 0 saturated heterocycles. The molecular formula is C12H19N3O3S. The Morgan fingerprint density at radius 1 is 1.47 bits per heavy atom. The third-order valence-electron chi connectivity index (χ3n) is 2.54. The highest BCUT2D eigenvalue weighted by Gasteiger charge is 2.20. The topological polar surface area (TPSA) is 91.3 Å². The van der Waals surface area contributed by atoms with Crippen LogP contribution in [-0.2, 0) is 4.79 Å². The summed E-state index contributed by atoms with van der Waals surface area (Å²) in [5.74, 6) is -1.02. The van der Waals surface area contributed by atoms with Crippen molar-refractivity contribution in [3.8, 4) is 0 Å². The molecule has 0 spiro atoms. The van der Waals surface area contributed by atoms with Gasteiger partial charge in [0.25, 0.3) is 0 Å². The fourth-order valence-corrected chi connectivity index (χ4v) is 2.35. The van der Waals surface area contributed by atoms with Gasteiger partial charge in [0.2, 0.25) is 0 Å². The predicted molar refractivity (Wildman–Crippen MR) is 73.3 cm³/mol. The van der Waals surface area contributed by atoms with Crippen molar-refractivity contribution in [2.75, 3.05) is 0 Å². The van der Waals surface area contributed by atoms with Gasteiger partial charge in [-0.05, 0) is 20.3 Å². The third kappa shape index (κ3) is 4.86. The van der Waals surface area contributed by atoms with E-state index in [-0.39, 0.29) is 6.04 Å². The molecule has 0 aromatic carbocycles. The number of carbonyl (C=O) groups excluding carboxylic acids is 1. The number of carbonyl (C=O) groups is 2. The van der Waals surface area contributed by atoms with Gasteiger partial charge in [-0.25, -0.2) is 14.6 Å². The van der Waals surface area contributed by atoms with E-state index in [9.17, 15) is 9.59 Å². The quantitative estimate of drug-likeness (QED) is 0.746. The van der Waals surface area contributed by atoms with E-state index in [2.05, 4.69) is 15.6 Å². The van der Waals surface area contributed by atoms with E-state index in [0.29, 0.717) is 12.8 Å². The minimum absolute atomic E-state index is 0.241. The van der Waals surface area contributed by atoms with Crippen LogP contribution in [0.4, 0.5) is 4.79 Å². The molecule has 0 aliphatic heterocycles. The second kappa shape index (κ2) is 7.08. The number of aromatic nitrogens is 1. The molecule has 19 heavy (non-hydrogen) atoms. The van der Waals surface area contributed by atoms with Crippen LogP contribution in [0.25, 0.3) is 0 Å². The van der Waals surface area contributed by atoms with Gasteiger partial charge in [0.05, 0.1) is 6.04 Å². The zero-order valence-electron chi connectivity index (χ0n) is 11.3. The van der Waals surface area contributed by atoms with Crippen molar-refractivity contribution in [2.24, 2.45) is 0 Å². The van der Waals surface area contributed by atoms with Crippen LogP contribution in [0.2, 0.25) is 0 Å². The number of aliphatic carboxylic acids is 1. The van der Waals surface area contributed by atoms with Gasteiger partial charge in [-0.3, -0.25) is 0 Å². The number of thiazole rings is 1. The molecule has 0 aliphatic carbocycles. The molecule has 0 fully saturated rings. The summed E-state index contributed by atoms with van der Waals surface area (Å²) in [5.41, 5.74) is 0. The Balaban J connectivity index is 2.52. The lowest BCUT2D eigenvalue weighted by Gasteiger charge is -2.16. The molecule has 1 rings (SSSR count). The van der Waals surface area contributed by atoms with Crippen LogP contribution in [0.1, 0.15) is 42.6 Å². The normalized spacial score (nSPS) is 13.6. The summed E-state index contributed by atoms with van der Waals surface area (Å²) in [6.45, 7) is 5.62. The summed E-state index contributed by atoms with van der Waals surface area (Å²) in [6, 6.07) is -1.58. The summed E-state index contributed by atoms with van der Waals surface area (Å²) in [6.07, 6.45) is 2.85. The van der Waals surface area contributed by atoms with Crippen molar-refractivity contribution >= 4 is 23.3 Å². The molecule has 6 nitrogen and oxygen atoms in total. The monoisotopic (exact) mass is 285 g/mol. The highest BCUT2D eigenvalue weighted by atomic mass is 32.1. The second-order valence-electron chi connectivity index (χ2n) is 4.33. The first-order valence-corrected chi connectivity index (χ1v) is 6.97. The second-order valence-corrected chi connectivity index (χ2v) is 5.59. The van der Waals surface area contributed by atoms with Gasteiger partial charge in [-0.1, -0.05) is 13.3 Å². The largest absolute Gasteiger partial charge is 0.480 e. The standard InChI is InChI=1S/C12H19N3O3S/c1-4-5-9(11(16)17)15-12(18)14-8(3)10-13-6-7(2)19-10/h6,8-9H,4-5H2,1-3H3,(H,16,17)(H2,14,15,18). The van der Waals surface area contributed by atoms with Crippen LogP contribution in [0, 0.1) is 6.92 Å². The number of nitrogens with zero attached hydrogens (tertiary/aromatic N) is 1. The molecule has 0 bridgehead atoms. The van der Waals surface area contributed by atoms with E-state index in [1.165, 1.54) is 11.3 Å². The smallest absolute Gasteiger partial charge is 0.326 e. The van der Waals surface area contributed by atoms with Gasteiger partial charge in [0.1, 0.15) is 11.0 Å². The maximum absolute atomic E-state index is 11.7. The van der Waals surface area contributed by atoms with Gasteiger partial charge in [-0.2, -0.15) is 0 Å². The summed E-state index contributed by atoms with van der Waals surface area (Å²) in [5, 5.41) is 14.9. The van der Waals surface area contributed by atoms with E-state index >= 15 is 0 Å². The van der Waals surface area contributed by atoms with Crippen molar-refractivity contribution in [3.05, 3.63) is 16.1 Å². The molecule has 0 saturated carbocycles. The third-order valence-corrected chi connectivity index (χ3v) is 3.63. The number of hydrogen-bond donors (Lipinski definition) is 3. The molecule has 2 unspecified atom stereocenters. The Labute approximate surface area is 116 Å². The average molecular weight is 285 g/mol. The zero-order valence-corrected chi connectivity index (χ0v) is 12.1. The Hall–Kier alpha value is -1.63. The minimum atomic E-state index is -1.02. The Kier molecular flexibility index (Phi) is 5.75. The summed E-state index contributed by atoms with van der Waals surface area (Å²) in [7, 11) is 0. The fraction of sp³-hybridized carbons (Fsp3) is 0.583. The predicted octanol–water partition coefficient (Wildman–Crippen LogP) is 2.07. The number of nitrogens with one attached hydrogen (secondary N) is 2. The first kappa shape index (κ1) is 15.4. The van der Waals surface area contributed by atoms with E-state index in [1.807, 2.05) is 20.8 Å². The number of carboxylic acid groups (broad SMARTS) is 1. The van der Waals surface area contributed by atoms with E-state index in [4.69, 9.17) is 5.11 Å². The lowest BCUT2D eigenvalue weighted by atomic mass is 10.2. The molecule has 3 N–H and O–H groups in total. The summed E-state index contributed by atoms with van der Waals surface area (Å²) >= 11 is 1.50. The average Bonchev–Trinajstić information content (AvgIpc) is 2.75. The van der Waals surface area contributed by atoms with Crippen molar-refractivity contribution < 1.29 is 14.7 Å². The van der Waals surface area contributed by atoms with Crippen molar-refractivity contribution in [2.45, 2.75) is 45.7 Å². The van der Waals surface area contributed by atoms with Crippen molar-refractivity contribution in [3.63, 3.8) is 0 Å². The molecule has 1 heterocycles. The number of amides is 2. The molecule has 7 heteroatoms. The first-order chi connectivity index (χ1) is 8.93. The number of urea groups is 1. The molecule has 106 valence electrons. The van der Waals surface area contributed by atoms with Crippen LogP contribution in [0.5, 0.6) is 0 Å². The molecule has 2 amide bonds. The van der Waals surface area contributed by atoms with Gasteiger partial charge < -0.3 is 15.7 Å². The molecule has 0 aliphatic rings. The SMILES string of the molecule is CCCC(NC(=O)NC(C)c1ncc(C)s1)C(=O)O. The van der Waals surface area contributed by atoms with Crippen LogP contribution >= 0.6 is 11.3 Å². The zero-order chi connectivity index (χ0) is 14.4.